The molecule has 0 aromatic carbocycles. The van der Waals surface area contributed by atoms with Gasteiger partial charge in [0.15, 0.2) is 0 Å². The van der Waals surface area contributed by atoms with Crippen molar-refractivity contribution >= 4 is 18.3 Å². The van der Waals surface area contributed by atoms with Gasteiger partial charge in [-0.3, -0.25) is 4.79 Å². The Bertz CT molecular complexity index is 280. The van der Waals surface area contributed by atoms with E-state index in [-0.39, 0.29) is 12.4 Å². The predicted octanol–water partition coefficient (Wildman–Crippen LogP) is 2.06. The Morgan fingerprint density at radius 2 is 1.67 bits per heavy atom. The lowest BCUT2D eigenvalue weighted by molar-refractivity contribution is -0.129. The quantitative estimate of drug-likeness (QED) is 0.850. The first-order chi connectivity index (χ1) is 8.33. The minimum atomic E-state index is 0. The largest absolute Gasteiger partial charge is 0.341 e. The molecule has 1 N–H and O–H groups in total. The Hall–Kier alpha value is -0.280. The van der Waals surface area contributed by atoms with Crippen LogP contribution in [-0.2, 0) is 4.79 Å². The van der Waals surface area contributed by atoms with Gasteiger partial charge in [-0.2, -0.15) is 0 Å². The molecule has 2 atom stereocenters. The first-order valence-corrected chi connectivity index (χ1v) is 7.31. The number of nitrogens with one attached hydrogen (secondary N) is 1. The lowest BCUT2D eigenvalue weighted by Crippen LogP contribution is -2.37. The number of rotatable bonds is 4. The van der Waals surface area contributed by atoms with Crippen LogP contribution >= 0.6 is 12.4 Å². The van der Waals surface area contributed by atoms with Gasteiger partial charge in [0.05, 0.1) is 6.54 Å². The van der Waals surface area contributed by atoms with E-state index >= 15 is 0 Å². The predicted molar refractivity (Wildman–Crippen MR) is 74.9 cm³/mol. The zero-order chi connectivity index (χ0) is 11.7. The Balaban J connectivity index is 0.00000120. The summed E-state index contributed by atoms with van der Waals surface area (Å²) in [5.41, 5.74) is 0. The van der Waals surface area contributed by atoms with E-state index in [0.717, 1.165) is 37.4 Å². The molecule has 1 aliphatic heterocycles. The third-order valence-corrected chi connectivity index (χ3v) is 4.74. The summed E-state index contributed by atoms with van der Waals surface area (Å²) in [6, 6.07) is 0. The van der Waals surface area contributed by atoms with E-state index in [4.69, 9.17) is 0 Å². The summed E-state index contributed by atoms with van der Waals surface area (Å²) in [5.74, 6) is 2.83. The maximum Gasteiger partial charge on any atom is 0.236 e. The second-order valence-electron chi connectivity index (χ2n) is 6.18. The number of nitrogens with zero attached hydrogens (tertiary/aromatic N) is 1. The van der Waals surface area contributed by atoms with Crippen molar-refractivity contribution in [3.8, 4) is 0 Å². The van der Waals surface area contributed by atoms with E-state index in [1.165, 1.54) is 38.5 Å². The SMILES string of the molecule is Cl.O=C(CNCC1CC1)N1CC2CCCCC2C1. The Morgan fingerprint density at radius 3 is 2.22 bits per heavy atom. The van der Waals surface area contributed by atoms with Gasteiger partial charge in [0.1, 0.15) is 0 Å². The lowest BCUT2D eigenvalue weighted by Gasteiger charge is -2.22. The number of fused-ring (bicyclic) bond motifs is 1. The summed E-state index contributed by atoms with van der Waals surface area (Å²) in [6.07, 6.45) is 8.17. The summed E-state index contributed by atoms with van der Waals surface area (Å²) in [5, 5.41) is 3.31. The fraction of sp³-hybridized carbons (Fsp3) is 0.929. The van der Waals surface area contributed by atoms with Crippen molar-refractivity contribution in [3.05, 3.63) is 0 Å². The third-order valence-electron chi connectivity index (χ3n) is 4.74. The van der Waals surface area contributed by atoms with E-state index in [1.807, 2.05) is 0 Å². The second kappa shape index (κ2) is 6.25. The van der Waals surface area contributed by atoms with E-state index in [0.29, 0.717) is 12.5 Å². The van der Waals surface area contributed by atoms with Crippen LogP contribution in [0.2, 0.25) is 0 Å². The zero-order valence-electron chi connectivity index (χ0n) is 11.1. The number of likely N-dealkylation sites (tertiary alicyclic amines) is 1. The molecule has 0 spiro atoms. The van der Waals surface area contributed by atoms with E-state index in [1.54, 1.807) is 0 Å². The van der Waals surface area contributed by atoms with Crippen molar-refractivity contribution < 1.29 is 4.79 Å². The molecule has 2 aliphatic carbocycles. The van der Waals surface area contributed by atoms with Crippen molar-refractivity contribution in [2.24, 2.45) is 17.8 Å². The highest BCUT2D eigenvalue weighted by molar-refractivity contribution is 5.85. The van der Waals surface area contributed by atoms with Gasteiger partial charge in [0, 0.05) is 13.1 Å². The number of amides is 1. The van der Waals surface area contributed by atoms with Crippen LogP contribution in [0.3, 0.4) is 0 Å². The van der Waals surface area contributed by atoms with Crippen LogP contribution in [0.15, 0.2) is 0 Å². The van der Waals surface area contributed by atoms with Crippen LogP contribution in [0.4, 0.5) is 0 Å². The van der Waals surface area contributed by atoms with Crippen LogP contribution in [0.1, 0.15) is 38.5 Å². The first kappa shape index (κ1) is 14.1. The number of hydrogen-bond donors (Lipinski definition) is 1. The molecule has 2 saturated carbocycles. The van der Waals surface area contributed by atoms with E-state index in [9.17, 15) is 4.79 Å². The molecule has 4 heteroatoms. The van der Waals surface area contributed by atoms with Gasteiger partial charge in [-0.1, -0.05) is 12.8 Å². The summed E-state index contributed by atoms with van der Waals surface area (Å²) in [4.78, 5) is 14.2. The van der Waals surface area contributed by atoms with Crippen molar-refractivity contribution in [1.29, 1.82) is 0 Å². The molecule has 0 aromatic heterocycles. The molecule has 18 heavy (non-hydrogen) atoms. The van der Waals surface area contributed by atoms with Gasteiger partial charge in [-0.05, 0) is 50.0 Å². The molecule has 3 fully saturated rings. The molecular formula is C14H25ClN2O. The minimum absolute atomic E-state index is 0. The number of halogens is 1. The van der Waals surface area contributed by atoms with Gasteiger partial charge < -0.3 is 10.2 Å². The van der Waals surface area contributed by atoms with Crippen molar-refractivity contribution in [3.63, 3.8) is 0 Å². The van der Waals surface area contributed by atoms with Gasteiger partial charge in [0.2, 0.25) is 5.91 Å². The highest BCUT2D eigenvalue weighted by atomic mass is 35.5. The highest BCUT2D eigenvalue weighted by Gasteiger charge is 2.36. The minimum Gasteiger partial charge on any atom is -0.341 e. The van der Waals surface area contributed by atoms with Gasteiger partial charge >= 0.3 is 0 Å². The maximum absolute atomic E-state index is 12.1. The average Bonchev–Trinajstić information content (AvgIpc) is 3.06. The second-order valence-corrected chi connectivity index (χ2v) is 6.18. The molecule has 0 aromatic rings. The lowest BCUT2D eigenvalue weighted by atomic mass is 9.82. The van der Waals surface area contributed by atoms with Crippen molar-refractivity contribution in [1.82, 2.24) is 10.2 Å². The normalized spacial score (nSPS) is 30.8. The summed E-state index contributed by atoms with van der Waals surface area (Å²) >= 11 is 0. The maximum atomic E-state index is 12.1. The molecule has 1 amide bonds. The summed E-state index contributed by atoms with van der Waals surface area (Å²) in [7, 11) is 0. The first-order valence-electron chi connectivity index (χ1n) is 7.31. The van der Waals surface area contributed by atoms with Crippen LogP contribution in [-0.4, -0.2) is 37.0 Å². The number of carbonyl (C=O) groups is 1. The van der Waals surface area contributed by atoms with Gasteiger partial charge in [-0.25, -0.2) is 0 Å². The van der Waals surface area contributed by atoms with Gasteiger partial charge in [0.25, 0.3) is 0 Å². The molecule has 3 nitrogen and oxygen atoms in total. The molecule has 2 unspecified atom stereocenters. The van der Waals surface area contributed by atoms with Gasteiger partial charge in [-0.15, -0.1) is 12.4 Å². The van der Waals surface area contributed by atoms with E-state index < -0.39 is 0 Å². The third kappa shape index (κ3) is 3.39. The fourth-order valence-electron chi connectivity index (χ4n) is 3.43. The molecule has 0 bridgehead atoms. The fourth-order valence-corrected chi connectivity index (χ4v) is 3.43. The molecule has 0 radical (unpaired) electrons. The highest BCUT2D eigenvalue weighted by Crippen LogP contribution is 2.35. The van der Waals surface area contributed by atoms with Crippen LogP contribution in [0, 0.1) is 17.8 Å². The van der Waals surface area contributed by atoms with E-state index in [2.05, 4.69) is 10.2 Å². The summed E-state index contributed by atoms with van der Waals surface area (Å²) < 4.78 is 0. The van der Waals surface area contributed by atoms with Crippen molar-refractivity contribution in [2.45, 2.75) is 38.5 Å². The smallest absolute Gasteiger partial charge is 0.236 e. The number of carbonyl (C=O) groups excluding carboxylic acids is 1. The Morgan fingerprint density at radius 1 is 1.06 bits per heavy atom. The standard InChI is InChI=1S/C14H24N2O.ClH/c17-14(8-15-7-11-5-6-11)16-9-12-3-1-2-4-13(12)10-16;/h11-13,15H,1-10H2;1H. The van der Waals surface area contributed by atoms with Crippen LogP contribution in [0.5, 0.6) is 0 Å². The molecule has 3 rings (SSSR count). The Kier molecular flexibility index (Phi) is 4.91. The monoisotopic (exact) mass is 272 g/mol. The summed E-state index contributed by atoms with van der Waals surface area (Å²) in [6.45, 7) is 3.69. The number of hydrogen-bond acceptors (Lipinski definition) is 2. The van der Waals surface area contributed by atoms with Crippen LogP contribution < -0.4 is 5.32 Å². The van der Waals surface area contributed by atoms with Crippen molar-refractivity contribution in [2.75, 3.05) is 26.2 Å². The molecule has 1 saturated heterocycles. The molecule has 1 heterocycles. The zero-order valence-corrected chi connectivity index (χ0v) is 11.9. The average molecular weight is 273 g/mol. The topological polar surface area (TPSA) is 32.3 Å². The molecular weight excluding hydrogens is 248 g/mol. The molecule has 3 aliphatic rings. The van der Waals surface area contributed by atoms with Crippen LogP contribution in [0.25, 0.3) is 0 Å². The Labute approximate surface area is 116 Å². The molecule has 104 valence electrons.